The largest absolute Gasteiger partial charge is 0.481 e. The molecule has 7 heteroatoms. The lowest BCUT2D eigenvalue weighted by Crippen LogP contribution is -2.47. The highest BCUT2D eigenvalue weighted by atomic mass is 16.5. The fourth-order valence-corrected chi connectivity index (χ4v) is 4.75. The average Bonchev–Trinajstić information content (AvgIpc) is 2.79. The number of rotatable bonds is 5. The van der Waals surface area contributed by atoms with Gasteiger partial charge in [0.2, 0.25) is 0 Å². The molecule has 1 aliphatic rings. The van der Waals surface area contributed by atoms with Crippen LogP contribution < -0.4 is 10.4 Å². The molecule has 2 aromatic carbocycles. The van der Waals surface area contributed by atoms with E-state index in [1.165, 1.54) is 6.07 Å². The second-order valence-corrected chi connectivity index (χ2v) is 9.08. The molecule has 7 nitrogen and oxygen atoms in total. The van der Waals surface area contributed by atoms with E-state index in [0.29, 0.717) is 30.7 Å². The van der Waals surface area contributed by atoms with E-state index < -0.39 is 23.6 Å². The fraction of sp³-hybridized carbons (Fsp3) is 0.370. The maximum absolute atomic E-state index is 12.9. The summed E-state index contributed by atoms with van der Waals surface area (Å²) >= 11 is 0. The number of piperidine rings is 1. The standard InChI is InChI=1S/C27H29NO6/c1-15-7-5-8-16(2)25(15)21-12-24(29)34-23-13-22(17(3)11-20(21)23)33-18(4)26(30)28-10-6-9-19(14-28)27(31)32/h5,7-8,11-13,18-19H,6,9-10,14H2,1-4H3,(H,31,32)/t18-,19+/m1/s1. The third-order valence-corrected chi connectivity index (χ3v) is 6.52. The van der Waals surface area contributed by atoms with Gasteiger partial charge in [-0.15, -0.1) is 0 Å². The first-order chi connectivity index (χ1) is 16.2. The van der Waals surface area contributed by atoms with Crippen molar-refractivity contribution in [2.24, 2.45) is 5.92 Å². The molecule has 0 saturated carbocycles. The zero-order valence-electron chi connectivity index (χ0n) is 19.9. The lowest BCUT2D eigenvalue weighted by Gasteiger charge is -2.32. The number of nitrogens with zero attached hydrogens (tertiary/aromatic N) is 1. The first-order valence-corrected chi connectivity index (χ1v) is 11.5. The molecule has 0 aliphatic carbocycles. The van der Waals surface area contributed by atoms with Gasteiger partial charge in [0.1, 0.15) is 11.3 Å². The number of hydrogen-bond acceptors (Lipinski definition) is 5. The summed E-state index contributed by atoms with van der Waals surface area (Å²) in [4.78, 5) is 38.3. The normalized spacial score (nSPS) is 16.9. The van der Waals surface area contributed by atoms with Crippen molar-refractivity contribution >= 4 is 22.8 Å². The number of aliphatic carboxylic acids is 1. The number of ether oxygens (including phenoxy) is 1. The van der Waals surface area contributed by atoms with Crippen LogP contribution in [0.15, 0.2) is 45.6 Å². The van der Waals surface area contributed by atoms with E-state index in [2.05, 4.69) is 0 Å². The van der Waals surface area contributed by atoms with Crippen LogP contribution in [0.4, 0.5) is 0 Å². The molecular weight excluding hydrogens is 434 g/mol. The van der Waals surface area contributed by atoms with Crippen molar-refractivity contribution in [1.82, 2.24) is 4.90 Å². The molecule has 3 aromatic rings. The Hall–Kier alpha value is -3.61. The van der Waals surface area contributed by atoms with Crippen LogP contribution in [-0.4, -0.2) is 41.1 Å². The minimum atomic E-state index is -0.883. The highest BCUT2D eigenvalue weighted by molar-refractivity contribution is 5.96. The van der Waals surface area contributed by atoms with Crippen molar-refractivity contribution in [3.63, 3.8) is 0 Å². The van der Waals surface area contributed by atoms with Gasteiger partial charge in [-0.25, -0.2) is 4.79 Å². The molecule has 1 N–H and O–H groups in total. The van der Waals surface area contributed by atoms with E-state index in [4.69, 9.17) is 9.15 Å². The van der Waals surface area contributed by atoms with Gasteiger partial charge in [-0.05, 0) is 68.9 Å². The summed E-state index contributed by atoms with van der Waals surface area (Å²) in [6, 6.07) is 11.1. The molecule has 4 rings (SSSR count). The number of carbonyl (C=O) groups excluding carboxylic acids is 1. The van der Waals surface area contributed by atoms with Crippen molar-refractivity contribution in [2.45, 2.75) is 46.6 Å². The predicted molar refractivity (Wildman–Crippen MR) is 129 cm³/mol. The number of fused-ring (bicyclic) bond motifs is 1. The van der Waals surface area contributed by atoms with Crippen LogP contribution >= 0.6 is 0 Å². The molecule has 1 aliphatic heterocycles. The zero-order chi connectivity index (χ0) is 24.6. The van der Waals surface area contributed by atoms with Gasteiger partial charge in [-0.3, -0.25) is 9.59 Å². The molecule has 34 heavy (non-hydrogen) atoms. The van der Waals surface area contributed by atoms with E-state index in [1.54, 1.807) is 17.9 Å². The van der Waals surface area contributed by atoms with Gasteiger partial charge >= 0.3 is 11.6 Å². The van der Waals surface area contributed by atoms with E-state index >= 15 is 0 Å². The van der Waals surface area contributed by atoms with Gasteiger partial charge in [-0.2, -0.15) is 0 Å². The average molecular weight is 464 g/mol. The third-order valence-electron chi connectivity index (χ3n) is 6.52. The monoisotopic (exact) mass is 463 g/mol. The molecular formula is C27H29NO6. The maximum Gasteiger partial charge on any atom is 0.336 e. The number of carboxylic acid groups (broad SMARTS) is 1. The van der Waals surface area contributed by atoms with Crippen molar-refractivity contribution in [2.75, 3.05) is 13.1 Å². The number of hydrogen-bond donors (Lipinski definition) is 1. The molecule has 1 amide bonds. The summed E-state index contributed by atoms with van der Waals surface area (Å²) in [5.41, 5.74) is 4.64. The SMILES string of the molecule is Cc1cc2c(-c3c(C)cccc3C)cc(=O)oc2cc1O[C@H](C)C(=O)N1CCC[C@H](C(=O)O)C1. The van der Waals surface area contributed by atoms with E-state index in [9.17, 15) is 19.5 Å². The summed E-state index contributed by atoms with van der Waals surface area (Å²) in [5.74, 6) is -1.24. The quantitative estimate of drug-likeness (QED) is 0.561. The second-order valence-electron chi connectivity index (χ2n) is 9.08. The summed E-state index contributed by atoms with van der Waals surface area (Å²) in [7, 11) is 0. The highest BCUT2D eigenvalue weighted by Crippen LogP contribution is 2.35. The Morgan fingerprint density at radius 3 is 2.50 bits per heavy atom. The summed E-state index contributed by atoms with van der Waals surface area (Å²) in [6.07, 6.45) is 0.411. The molecule has 1 aromatic heterocycles. The van der Waals surface area contributed by atoms with Crippen LogP contribution in [0.25, 0.3) is 22.1 Å². The smallest absolute Gasteiger partial charge is 0.336 e. The lowest BCUT2D eigenvalue weighted by atomic mass is 9.93. The molecule has 2 heterocycles. The minimum absolute atomic E-state index is 0.187. The van der Waals surface area contributed by atoms with Gasteiger partial charge in [0.25, 0.3) is 5.91 Å². The fourth-order valence-electron chi connectivity index (χ4n) is 4.75. The molecule has 2 atom stereocenters. The Morgan fingerprint density at radius 2 is 1.82 bits per heavy atom. The molecule has 0 radical (unpaired) electrons. The van der Waals surface area contributed by atoms with Gasteiger partial charge in [0.15, 0.2) is 6.10 Å². The Kier molecular flexibility index (Phi) is 6.46. The van der Waals surface area contributed by atoms with Crippen molar-refractivity contribution in [3.8, 4) is 16.9 Å². The maximum atomic E-state index is 12.9. The number of benzene rings is 2. The number of amides is 1. The van der Waals surface area contributed by atoms with Gasteiger partial charge in [0.05, 0.1) is 5.92 Å². The van der Waals surface area contributed by atoms with Crippen LogP contribution in [0.2, 0.25) is 0 Å². The van der Waals surface area contributed by atoms with Crippen molar-refractivity contribution in [3.05, 3.63) is 63.5 Å². The molecule has 0 bridgehead atoms. The van der Waals surface area contributed by atoms with E-state index in [1.807, 2.05) is 45.0 Å². The third kappa shape index (κ3) is 4.55. The molecule has 0 unspecified atom stereocenters. The topological polar surface area (TPSA) is 97.0 Å². The van der Waals surface area contributed by atoms with Crippen molar-refractivity contribution < 1.29 is 23.8 Å². The van der Waals surface area contributed by atoms with Gasteiger partial charge in [-0.1, -0.05) is 18.2 Å². The van der Waals surface area contributed by atoms with Crippen LogP contribution in [0.1, 0.15) is 36.5 Å². The minimum Gasteiger partial charge on any atom is -0.481 e. The molecule has 0 spiro atoms. The molecule has 1 saturated heterocycles. The number of carbonyl (C=O) groups is 2. The predicted octanol–water partition coefficient (Wildman–Crippen LogP) is 4.48. The zero-order valence-corrected chi connectivity index (χ0v) is 19.9. The Balaban J connectivity index is 1.66. The van der Waals surface area contributed by atoms with E-state index in [-0.39, 0.29) is 12.5 Å². The highest BCUT2D eigenvalue weighted by Gasteiger charge is 2.31. The van der Waals surface area contributed by atoms with Crippen LogP contribution in [0.3, 0.4) is 0 Å². The lowest BCUT2D eigenvalue weighted by molar-refractivity contribution is -0.147. The second kappa shape index (κ2) is 9.33. The summed E-state index contributed by atoms with van der Waals surface area (Å²) in [5, 5.41) is 10.1. The van der Waals surface area contributed by atoms with Gasteiger partial charge < -0.3 is 19.2 Å². The Labute approximate surface area is 198 Å². The molecule has 178 valence electrons. The number of aryl methyl sites for hydroxylation is 3. The van der Waals surface area contributed by atoms with Gasteiger partial charge in [0, 0.05) is 36.2 Å². The summed E-state index contributed by atoms with van der Waals surface area (Å²) < 4.78 is 11.5. The Bertz CT molecular complexity index is 1300. The first-order valence-electron chi connectivity index (χ1n) is 11.5. The van der Waals surface area contributed by atoms with Crippen LogP contribution in [-0.2, 0) is 9.59 Å². The van der Waals surface area contributed by atoms with E-state index in [0.717, 1.165) is 33.2 Å². The molecule has 1 fully saturated rings. The number of likely N-dealkylation sites (tertiary alicyclic amines) is 1. The van der Waals surface area contributed by atoms with Crippen molar-refractivity contribution in [1.29, 1.82) is 0 Å². The van der Waals surface area contributed by atoms with Crippen LogP contribution in [0, 0.1) is 26.7 Å². The number of carboxylic acids is 1. The first kappa shape index (κ1) is 23.5. The Morgan fingerprint density at radius 1 is 1.12 bits per heavy atom. The van der Waals surface area contributed by atoms with Crippen LogP contribution in [0.5, 0.6) is 5.75 Å². The summed E-state index contributed by atoms with van der Waals surface area (Å²) in [6.45, 7) is 8.26.